The van der Waals surface area contributed by atoms with Crippen molar-refractivity contribution in [2.24, 2.45) is 5.73 Å². The zero-order valence-electron chi connectivity index (χ0n) is 21.4. The molecule has 3 aromatic carbocycles. The van der Waals surface area contributed by atoms with Gasteiger partial charge in [-0.25, -0.2) is 9.18 Å². The smallest absolute Gasteiger partial charge is 0.326 e. The number of amides is 2. The number of nitrogens with zero attached hydrogens (tertiary/aromatic N) is 1. The minimum atomic E-state index is -1.29. The van der Waals surface area contributed by atoms with E-state index in [2.05, 4.69) is 6.07 Å². The maximum atomic E-state index is 13.9. The Labute approximate surface area is 221 Å². The Morgan fingerprint density at radius 2 is 1.68 bits per heavy atom. The summed E-state index contributed by atoms with van der Waals surface area (Å²) in [6.45, 7) is 4.18. The molecule has 7 nitrogen and oxygen atoms in total. The molecule has 38 heavy (non-hydrogen) atoms. The molecule has 3 N–H and O–H groups in total. The number of ether oxygens (including phenoxy) is 1. The van der Waals surface area contributed by atoms with Gasteiger partial charge in [0, 0.05) is 23.9 Å². The second-order valence-electron chi connectivity index (χ2n) is 10.1. The number of carboxylic acids is 1. The molecular formula is C30H31FN2O5. The van der Waals surface area contributed by atoms with Crippen molar-refractivity contribution in [3.8, 4) is 16.9 Å². The normalized spacial score (nSPS) is 13.3. The van der Waals surface area contributed by atoms with Gasteiger partial charge < -0.3 is 20.5 Å². The predicted octanol–water partition coefficient (Wildman–Crippen LogP) is 4.61. The monoisotopic (exact) mass is 518 g/mol. The van der Waals surface area contributed by atoms with Crippen LogP contribution in [0.2, 0.25) is 0 Å². The number of carboxylic acid groups (broad SMARTS) is 1. The van der Waals surface area contributed by atoms with E-state index in [9.17, 15) is 23.9 Å². The molecule has 2 amide bonds. The molecule has 0 saturated heterocycles. The maximum Gasteiger partial charge on any atom is 0.326 e. The minimum Gasteiger partial charge on any atom is -0.493 e. The number of aliphatic carboxylic acids is 1. The number of hydrogen-bond donors (Lipinski definition) is 2. The van der Waals surface area contributed by atoms with Crippen molar-refractivity contribution in [1.82, 2.24) is 4.90 Å². The van der Waals surface area contributed by atoms with Gasteiger partial charge in [-0.15, -0.1) is 0 Å². The Balaban J connectivity index is 1.66. The maximum absolute atomic E-state index is 13.9. The van der Waals surface area contributed by atoms with Crippen molar-refractivity contribution in [2.45, 2.75) is 51.1 Å². The molecule has 0 aromatic heterocycles. The molecular weight excluding hydrogens is 487 g/mol. The van der Waals surface area contributed by atoms with Gasteiger partial charge in [0.2, 0.25) is 5.91 Å². The first-order valence-corrected chi connectivity index (χ1v) is 12.5. The third-order valence-corrected chi connectivity index (χ3v) is 6.84. The van der Waals surface area contributed by atoms with Gasteiger partial charge in [-0.2, -0.15) is 0 Å². The average Bonchev–Trinajstić information content (AvgIpc) is 3.35. The van der Waals surface area contributed by atoms with Gasteiger partial charge in [-0.05, 0) is 85.3 Å². The first kappa shape index (κ1) is 26.9. The van der Waals surface area contributed by atoms with Crippen LogP contribution in [0.3, 0.4) is 0 Å². The van der Waals surface area contributed by atoms with Crippen LogP contribution in [0.4, 0.5) is 4.39 Å². The number of primary amides is 1. The van der Waals surface area contributed by atoms with E-state index in [-0.39, 0.29) is 25.1 Å². The molecule has 8 heteroatoms. The second-order valence-corrected chi connectivity index (χ2v) is 10.1. The van der Waals surface area contributed by atoms with E-state index in [1.807, 2.05) is 24.3 Å². The van der Waals surface area contributed by atoms with E-state index < -0.39 is 29.4 Å². The third kappa shape index (κ3) is 6.02. The molecule has 0 unspecified atom stereocenters. The van der Waals surface area contributed by atoms with Gasteiger partial charge >= 0.3 is 5.97 Å². The van der Waals surface area contributed by atoms with E-state index in [0.717, 1.165) is 34.4 Å². The summed E-state index contributed by atoms with van der Waals surface area (Å²) in [5.41, 5.74) is 8.41. The van der Waals surface area contributed by atoms with Gasteiger partial charge in [0.25, 0.3) is 5.91 Å². The molecule has 0 fully saturated rings. The van der Waals surface area contributed by atoms with Crippen LogP contribution in [0, 0.1) is 5.82 Å². The fourth-order valence-corrected chi connectivity index (χ4v) is 4.98. The molecule has 0 spiro atoms. The van der Waals surface area contributed by atoms with Crippen molar-refractivity contribution in [2.75, 3.05) is 6.61 Å². The Hall–Kier alpha value is -4.20. The van der Waals surface area contributed by atoms with E-state index in [1.165, 1.54) is 17.0 Å². The average molecular weight is 519 g/mol. The van der Waals surface area contributed by atoms with Crippen molar-refractivity contribution < 1.29 is 28.6 Å². The van der Waals surface area contributed by atoms with E-state index in [1.54, 1.807) is 38.1 Å². The summed E-state index contributed by atoms with van der Waals surface area (Å²) in [6, 6.07) is 17.5. The highest BCUT2D eigenvalue weighted by molar-refractivity contribution is 5.97. The summed E-state index contributed by atoms with van der Waals surface area (Å²) in [4.78, 5) is 39.1. The number of carbonyl (C=O) groups is 3. The highest BCUT2D eigenvalue weighted by Crippen LogP contribution is 2.32. The summed E-state index contributed by atoms with van der Waals surface area (Å²) in [5, 5.41) is 10.1. The Kier molecular flexibility index (Phi) is 7.80. The molecule has 0 bridgehead atoms. The lowest BCUT2D eigenvalue weighted by Crippen LogP contribution is -2.57. The van der Waals surface area contributed by atoms with E-state index in [0.29, 0.717) is 12.2 Å². The first-order valence-electron chi connectivity index (χ1n) is 12.5. The largest absolute Gasteiger partial charge is 0.493 e. The zero-order valence-corrected chi connectivity index (χ0v) is 21.4. The quantitative estimate of drug-likeness (QED) is 0.407. The molecule has 3 aromatic rings. The number of fused-ring (bicyclic) bond motifs is 1. The number of hydrogen-bond acceptors (Lipinski definition) is 4. The zero-order chi connectivity index (χ0) is 27.4. The lowest BCUT2D eigenvalue weighted by molar-refractivity contribution is -0.144. The topological polar surface area (TPSA) is 110 Å². The van der Waals surface area contributed by atoms with Crippen LogP contribution in [0.25, 0.3) is 11.1 Å². The Morgan fingerprint density at radius 3 is 2.32 bits per heavy atom. The molecule has 0 aliphatic carbocycles. The molecule has 198 valence electrons. The Bertz CT molecular complexity index is 1340. The van der Waals surface area contributed by atoms with Crippen LogP contribution in [0.5, 0.6) is 5.75 Å². The van der Waals surface area contributed by atoms with Crippen LogP contribution in [0.15, 0.2) is 66.7 Å². The van der Waals surface area contributed by atoms with Crippen molar-refractivity contribution >= 4 is 17.8 Å². The molecule has 0 saturated carbocycles. The van der Waals surface area contributed by atoms with Crippen LogP contribution in [0.1, 0.15) is 48.2 Å². The standard InChI is InChI=1S/C30H31FN2O5/c1-30(2,18-19-3-10-24(31)11-4-19)33(25(29(36)37)12-14-27(32)34)28(35)21-7-5-20(6-8-21)22-9-13-26-23(17-22)15-16-38-26/h3-11,13,17,25H,12,14-16,18H2,1-2H3,(H2,32,34)(H,36,37)/t25-/m0/s1. The van der Waals surface area contributed by atoms with Gasteiger partial charge in [0.05, 0.1) is 6.61 Å². The predicted molar refractivity (Wildman–Crippen MR) is 141 cm³/mol. The molecule has 4 rings (SSSR count). The number of carbonyl (C=O) groups excluding carboxylic acids is 2. The molecule has 0 radical (unpaired) electrons. The van der Waals surface area contributed by atoms with Crippen LogP contribution >= 0.6 is 0 Å². The highest BCUT2D eigenvalue weighted by Gasteiger charge is 2.40. The first-order chi connectivity index (χ1) is 18.0. The summed E-state index contributed by atoms with van der Waals surface area (Å²) >= 11 is 0. The number of rotatable bonds is 10. The van der Waals surface area contributed by atoms with Gasteiger partial charge in [0.15, 0.2) is 0 Å². The lowest BCUT2D eigenvalue weighted by Gasteiger charge is -2.42. The van der Waals surface area contributed by atoms with Crippen LogP contribution in [-0.4, -0.2) is 46.0 Å². The number of benzene rings is 3. The van der Waals surface area contributed by atoms with Crippen molar-refractivity contribution in [3.63, 3.8) is 0 Å². The van der Waals surface area contributed by atoms with Gasteiger partial charge in [0.1, 0.15) is 17.6 Å². The fraction of sp³-hybridized carbons (Fsp3) is 0.300. The lowest BCUT2D eigenvalue weighted by atomic mass is 9.89. The van der Waals surface area contributed by atoms with Crippen LogP contribution < -0.4 is 10.5 Å². The SMILES string of the molecule is CC(C)(Cc1ccc(F)cc1)N(C(=O)c1ccc(-c2ccc3c(c2)CCO3)cc1)[C@@H](CCC(N)=O)C(=O)O. The molecule has 1 aliphatic rings. The summed E-state index contributed by atoms with van der Waals surface area (Å²) in [7, 11) is 0. The Morgan fingerprint density at radius 1 is 1.03 bits per heavy atom. The number of halogens is 1. The summed E-state index contributed by atoms with van der Waals surface area (Å²) in [5.74, 6) is -1.87. The highest BCUT2D eigenvalue weighted by atomic mass is 19.1. The number of nitrogens with two attached hydrogens (primary N) is 1. The van der Waals surface area contributed by atoms with Crippen molar-refractivity contribution in [1.29, 1.82) is 0 Å². The summed E-state index contributed by atoms with van der Waals surface area (Å²) < 4.78 is 19.0. The minimum absolute atomic E-state index is 0.126. The van der Waals surface area contributed by atoms with Gasteiger partial charge in [-0.1, -0.05) is 30.3 Å². The third-order valence-electron chi connectivity index (χ3n) is 6.84. The summed E-state index contributed by atoms with van der Waals surface area (Å²) in [6.07, 6.45) is 0.807. The second kappa shape index (κ2) is 11.0. The van der Waals surface area contributed by atoms with Crippen LogP contribution in [-0.2, 0) is 22.4 Å². The van der Waals surface area contributed by atoms with Gasteiger partial charge in [-0.3, -0.25) is 9.59 Å². The van der Waals surface area contributed by atoms with E-state index >= 15 is 0 Å². The molecule has 1 heterocycles. The van der Waals surface area contributed by atoms with Crippen molar-refractivity contribution in [3.05, 3.63) is 89.2 Å². The van der Waals surface area contributed by atoms with E-state index in [4.69, 9.17) is 10.5 Å². The fourth-order valence-electron chi connectivity index (χ4n) is 4.98. The molecule has 1 atom stereocenters. The molecule has 1 aliphatic heterocycles.